The van der Waals surface area contributed by atoms with Gasteiger partial charge in [-0.25, -0.2) is 4.98 Å². The number of ether oxygens (including phenoxy) is 1. The van der Waals surface area contributed by atoms with Gasteiger partial charge >= 0.3 is 0 Å². The molecule has 178 valence electrons. The molecule has 0 N–H and O–H groups in total. The number of carbonyl (C=O) groups is 1. The minimum Gasteiger partial charge on any atom is -0.484 e. The summed E-state index contributed by atoms with van der Waals surface area (Å²) in [6, 6.07) is 17.9. The summed E-state index contributed by atoms with van der Waals surface area (Å²) >= 11 is 5.98. The maximum atomic E-state index is 13.1. The smallest absolute Gasteiger partial charge is 0.260 e. The summed E-state index contributed by atoms with van der Waals surface area (Å²) in [6.07, 6.45) is 1.77. The second kappa shape index (κ2) is 9.80. The first-order valence-electron chi connectivity index (χ1n) is 11.4. The van der Waals surface area contributed by atoms with Gasteiger partial charge in [0.25, 0.3) is 5.91 Å². The van der Waals surface area contributed by atoms with E-state index < -0.39 is 0 Å². The van der Waals surface area contributed by atoms with Gasteiger partial charge in [-0.15, -0.1) is 0 Å². The van der Waals surface area contributed by atoms with Crippen LogP contribution in [0.5, 0.6) is 5.75 Å². The molecule has 8 heteroatoms. The van der Waals surface area contributed by atoms with E-state index in [0.29, 0.717) is 46.2 Å². The maximum Gasteiger partial charge on any atom is 0.260 e. The number of hydrogen-bond acceptors (Lipinski definition) is 6. The van der Waals surface area contributed by atoms with Gasteiger partial charge in [-0.1, -0.05) is 29.8 Å². The van der Waals surface area contributed by atoms with Crippen LogP contribution in [0.15, 0.2) is 76.1 Å². The minimum absolute atomic E-state index is 0.0820. The molecule has 0 atom stereocenters. The second-order valence-electron chi connectivity index (χ2n) is 8.37. The number of rotatable bonds is 5. The van der Waals surface area contributed by atoms with Crippen LogP contribution in [0.25, 0.3) is 22.1 Å². The molecule has 2 aromatic heterocycles. The lowest BCUT2D eigenvalue weighted by Gasteiger charge is -2.35. The molecule has 35 heavy (non-hydrogen) atoms. The molecule has 0 saturated carbocycles. The molecule has 7 nitrogen and oxygen atoms in total. The fourth-order valence-electron chi connectivity index (χ4n) is 4.29. The van der Waals surface area contributed by atoms with Crippen LogP contribution < -0.4 is 15.1 Å². The number of aryl methyl sites for hydroxylation is 1. The zero-order chi connectivity index (χ0) is 24.4. The number of carbonyl (C=O) groups excluding carboxylic acids is 1. The average molecular weight is 490 g/mol. The highest BCUT2D eigenvalue weighted by atomic mass is 35.5. The quantitative estimate of drug-likeness (QED) is 0.409. The topological polar surface area (TPSA) is 75.9 Å². The number of aromatic nitrogens is 1. The summed E-state index contributed by atoms with van der Waals surface area (Å²) < 4.78 is 11.7. The van der Waals surface area contributed by atoms with E-state index in [1.54, 1.807) is 60.5 Å². The van der Waals surface area contributed by atoms with Crippen molar-refractivity contribution < 1.29 is 13.9 Å². The number of benzene rings is 2. The Morgan fingerprint density at radius 1 is 1.06 bits per heavy atom. The van der Waals surface area contributed by atoms with Gasteiger partial charge in [-0.05, 0) is 48.9 Å². The van der Waals surface area contributed by atoms with Crippen LogP contribution >= 0.6 is 11.6 Å². The highest BCUT2D eigenvalue weighted by Gasteiger charge is 2.22. The molecular weight excluding hydrogens is 466 g/mol. The van der Waals surface area contributed by atoms with Crippen molar-refractivity contribution in [3.63, 3.8) is 0 Å². The van der Waals surface area contributed by atoms with Crippen molar-refractivity contribution in [1.82, 2.24) is 9.88 Å². The minimum atomic E-state index is -0.125. The van der Waals surface area contributed by atoms with Crippen molar-refractivity contribution >= 4 is 34.3 Å². The first-order valence-corrected chi connectivity index (χ1v) is 11.8. The summed E-state index contributed by atoms with van der Waals surface area (Å²) in [4.78, 5) is 34.2. The number of pyridine rings is 1. The van der Waals surface area contributed by atoms with Crippen LogP contribution in [-0.4, -0.2) is 48.6 Å². The Balaban J connectivity index is 1.25. The van der Waals surface area contributed by atoms with E-state index in [0.717, 1.165) is 24.5 Å². The van der Waals surface area contributed by atoms with Gasteiger partial charge in [0, 0.05) is 43.5 Å². The molecule has 3 heterocycles. The van der Waals surface area contributed by atoms with E-state index in [1.165, 1.54) is 0 Å². The Hall–Kier alpha value is -3.84. The fourth-order valence-corrected chi connectivity index (χ4v) is 4.41. The molecule has 1 aliphatic rings. The fraction of sp³-hybridized carbons (Fsp3) is 0.222. The number of halogens is 1. The van der Waals surface area contributed by atoms with E-state index in [9.17, 15) is 9.59 Å². The van der Waals surface area contributed by atoms with Crippen LogP contribution in [0, 0.1) is 6.92 Å². The van der Waals surface area contributed by atoms with Crippen LogP contribution in [0.1, 0.15) is 5.76 Å². The normalized spacial score (nSPS) is 13.8. The molecular formula is C27H24ClN3O4. The van der Waals surface area contributed by atoms with E-state index in [1.807, 2.05) is 18.2 Å². The maximum absolute atomic E-state index is 13.1. The molecule has 0 spiro atoms. The Morgan fingerprint density at radius 2 is 1.83 bits per heavy atom. The molecule has 1 aliphatic heterocycles. The van der Waals surface area contributed by atoms with E-state index in [4.69, 9.17) is 20.8 Å². The lowest BCUT2D eigenvalue weighted by atomic mass is 10.0. The monoisotopic (exact) mass is 489 g/mol. The number of piperazine rings is 1. The number of fused-ring (bicyclic) bond motifs is 1. The third kappa shape index (κ3) is 4.86. The van der Waals surface area contributed by atoms with Crippen LogP contribution in [-0.2, 0) is 4.79 Å². The van der Waals surface area contributed by atoms with Gasteiger partial charge < -0.3 is 19.0 Å². The van der Waals surface area contributed by atoms with Crippen molar-refractivity contribution in [2.24, 2.45) is 0 Å². The zero-order valence-electron chi connectivity index (χ0n) is 19.2. The predicted octanol–water partition coefficient (Wildman–Crippen LogP) is 4.54. The van der Waals surface area contributed by atoms with Gasteiger partial charge in [-0.3, -0.25) is 9.59 Å². The average Bonchev–Trinajstić information content (AvgIpc) is 2.89. The van der Waals surface area contributed by atoms with Gasteiger partial charge in [0.15, 0.2) is 6.61 Å². The Morgan fingerprint density at radius 3 is 2.54 bits per heavy atom. The van der Waals surface area contributed by atoms with Gasteiger partial charge in [0.1, 0.15) is 22.9 Å². The first kappa shape index (κ1) is 22.9. The van der Waals surface area contributed by atoms with Gasteiger partial charge in [0.2, 0.25) is 5.43 Å². The summed E-state index contributed by atoms with van der Waals surface area (Å²) in [5, 5.41) is 1.05. The third-order valence-corrected chi connectivity index (χ3v) is 6.39. The molecule has 1 fully saturated rings. The van der Waals surface area contributed by atoms with Crippen molar-refractivity contribution in [1.29, 1.82) is 0 Å². The van der Waals surface area contributed by atoms with Crippen molar-refractivity contribution in [2.45, 2.75) is 6.92 Å². The Kier molecular flexibility index (Phi) is 6.42. The lowest BCUT2D eigenvalue weighted by molar-refractivity contribution is -0.133. The molecule has 0 unspecified atom stereocenters. The molecule has 0 bridgehead atoms. The molecule has 1 amide bonds. The number of nitrogens with zero attached hydrogens (tertiary/aromatic N) is 3. The summed E-state index contributed by atoms with van der Waals surface area (Å²) in [7, 11) is 0. The summed E-state index contributed by atoms with van der Waals surface area (Å²) in [5.41, 5.74) is 1.54. The largest absolute Gasteiger partial charge is 0.484 e. The van der Waals surface area contributed by atoms with Crippen LogP contribution in [0.3, 0.4) is 0 Å². The highest BCUT2D eigenvalue weighted by molar-refractivity contribution is 6.30. The van der Waals surface area contributed by atoms with Crippen molar-refractivity contribution in [3.05, 3.63) is 87.9 Å². The molecule has 0 radical (unpaired) electrons. The van der Waals surface area contributed by atoms with Crippen LogP contribution in [0.2, 0.25) is 5.02 Å². The van der Waals surface area contributed by atoms with Gasteiger partial charge in [0.05, 0.1) is 10.9 Å². The zero-order valence-corrected chi connectivity index (χ0v) is 20.0. The Labute approximate surface area is 207 Å². The highest BCUT2D eigenvalue weighted by Crippen LogP contribution is 2.27. The summed E-state index contributed by atoms with van der Waals surface area (Å²) in [6.45, 7) is 4.34. The Bertz CT molecular complexity index is 1410. The van der Waals surface area contributed by atoms with E-state index >= 15 is 0 Å². The SMILES string of the molecule is Cc1oc2cc(OCC(=O)N3CCN(c4ccccn4)CC3)ccc2c(=O)c1-c1ccc(Cl)cc1. The number of hydrogen-bond donors (Lipinski definition) is 0. The molecule has 5 rings (SSSR count). The standard InChI is InChI=1S/C27H24ClN3O4/c1-18-26(19-5-7-20(28)8-6-19)27(33)22-10-9-21(16-23(22)35-18)34-17-25(32)31-14-12-30(13-15-31)24-4-2-3-11-29-24/h2-11,16H,12-15,17H2,1H3. The number of amides is 1. The number of anilines is 1. The molecule has 4 aromatic rings. The molecule has 1 saturated heterocycles. The van der Waals surface area contributed by atoms with Crippen molar-refractivity contribution in [3.8, 4) is 16.9 Å². The predicted molar refractivity (Wildman–Crippen MR) is 136 cm³/mol. The third-order valence-electron chi connectivity index (χ3n) is 6.14. The van der Waals surface area contributed by atoms with E-state index in [-0.39, 0.29) is 17.9 Å². The summed E-state index contributed by atoms with van der Waals surface area (Å²) in [5.74, 6) is 1.81. The van der Waals surface area contributed by atoms with Gasteiger partial charge in [-0.2, -0.15) is 0 Å². The molecule has 0 aliphatic carbocycles. The molecule has 2 aromatic carbocycles. The van der Waals surface area contributed by atoms with E-state index in [2.05, 4.69) is 9.88 Å². The lowest BCUT2D eigenvalue weighted by Crippen LogP contribution is -2.50. The van der Waals surface area contributed by atoms with Crippen LogP contribution in [0.4, 0.5) is 5.82 Å². The van der Waals surface area contributed by atoms with Crippen molar-refractivity contribution in [2.75, 3.05) is 37.7 Å². The second-order valence-corrected chi connectivity index (χ2v) is 8.81. The first-order chi connectivity index (χ1) is 17.0.